The summed E-state index contributed by atoms with van der Waals surface area (Å²) in [6.07, 6.45) is 0. The maximum absolute atomic E-state index is 13.2. The van der Waals surface area contributed by atoms with Crippen molar-refractivity contribution in [3.8, 4) is 16.8 Å². The molecule has 0 bridgehead atoms. The van der Waals surface area contributed by atoms with Gasteiger partial charge < -0.3 is 4.42 Å². The van der Waals surface area contributed by atoms with Crippen molar-refractivity contribution in [1.29, 1.82) is 0 Å². The van der Waals surface area contributed by atoms with Crippen molar-refractivity contribution in [2.45, 2.75) is 6.92 Å². The van der Waals surface area contributed by atoms with Gasteiger partial charge in [0.1, 0.15) is 5.82 Å². The van der Waals surface area contributed by atoms with Crippen LogP contribution < -0.4 is 5.63 Å². The topological polar surface area (TPSA) is 48.0 Å². The molecule has 0 radical (unpaired) electrons. The molecule has 0 saturated heterocycles. The minimum absolute atomic E-state index is 0.324. The van der Waals surface area contributed by atoms with Gasteiger partial charge in [-0.3, -0.25) is 0 Å². The molecule has 4 aromatic rings. The fraction of sp³-hybridized carbons (Fsp3) is 0.0526. The second-order valence-corrected chi connectivity index (χ2v) is 5.50. The quantitative estimate of drug-likeness (QED) is 0.559. The number of hydrogen-bond acceptors (Lipinski definition) is 3. The van der Waals surface area contributed by atoms with Gasteiger partial charge in [-0.1, -0.05) is 30.3 Å². The molecule has 0 spiro atoms. The Morgan fingerprint density at radius 3 is 2.46 bits per heavy atom. The third-order valence-corrected chi connectivity index (χ3v) is 3.90. The standard InChI is InChI=1S/C19H13FN2O2/c1-12-18-16(13-7-9-14(20)10-8-13)11-17(23)24-19(18)22(21-12)15-5-3-2-4-6-15/h2-11H,1H3. The molecule has 0 saturated carbocycles. The molecule has 5 heteroatoms. The number of halogens is 1. The van der Waals surface area contributed by atoms with Crippen LogP contribution in [0.3, 0.4) is 0 Å². The minimum Gasteiger partial charge on any atom is -0.403 e. The zero-order valence-corrected chi connectivity index (χ0v) is 12.9. The van der Waals surface area contributed by atoms with Gasteiger partial charge in [0.25, 0.3) is 0 Å². The van der Waals surface area contributed by atoms with Gasteiger partial charge in [-0.2, -0.15) is 9.78 Å². The first kappa shape index (κ1) is 14.4. The van der Waals surface area contributed by atoms with E-state index in [1.807, 2.05) is 37.3 Å². The second-order valence-electron chi connectivity index (χ2n) is 5.50. The first-order valence-corrected chi connectivity index (χ1v) is 7.48. The Morgan fingerprint density at radius 2 is 1.75 bits per heavy atom. The summed E-state index contributed by atoms with van der Waals surface area (Å²) in [5.74, 6) is -0.324. The van der Waals surface area contributed by atoms with Crippen molar-refractivity contribution in [2.24, 2.45) is 0 Å². The predicted octanol–water partition coefficient (Wildman–Crippen LogP) is 4.09. The van der Waals surface area contributed by atoms with Gasteiger partial charge in [0.05, 0.1) is 16.8 Å². The number of hydrogen-bond donors (Lipinski definition) is 0. The van der Waals surface area contributed by atoms with Crippen LogP contribution in [-0.2, 0) is 0 Å². The molecule has 0 amide bonds. The molecule has 0 aliphatic rings. The van der Waals surface area contributed by atoms with Crippen LogP contribution >= 0.6 is 0 Å². The number of benzene rings is 2. The summed E-state index contributed by atoms with van der Waals surface area (Å²) in [4.78, 5) is 12.1. The molecule has 0 aliphatic carbocycles. The van der Waals surface area contributed by atoms with Gasteiger partial charge in [0.2, 0.25) is 5.71 Å². The fourth-order valence-electron chi connectivity index (χ4n) is 2.83. The zero-order valence-electron chi connectivity index (χ0n) is 12.9. The Balaban J connectivity index is 2.05. The van der Waals surface area contributed by atoms with Gasteiger partial charge in [-0.05, 0) is 36.8 Å². The summed E-state index contributed by atoms with van der Waals surface area (Å²) in [5, 5.41) is 5.26. The van der Waals surface area contributed by atoms with E-state index in [2.05, 4.69) is 5.10 Å². The number of aromatic nitrogens is 2. The fourth-order valence-corrected chi connectivity index (χ4v) is 2.83. The van der Waals surface area contributed by atoms with E-state index in [9.17, 15) is 9.18 Å². The highest BCUT2D eigenvalue weighted by Crippen LogP contribution is 2.31. The smallest absolute Gasteiger partial charge is 0.338 e. The molecular weight excluding hydrogens is 307 g/mol. The third kappa shape index (κ3) is 2.31. The molecule has 0 fully saturated rings. The lowest BCUT2D eigenvalue weighted by Crippen LogP contribution is -2.01. The van der Waals surface area contributed by atoms with E-state index in [1.54, 1.807) is 16.8 Å². The van der Waals surface area contributed by atoms with Crippen LogP contribution in [0.1, 0.15) is 5.69 Å². The van der Waals surface area contributed by atoms with Gasteiger partial charge in [-0.25, -0.2) is 9.18 Å². The van der Waals surface area contributed by atoms with Crippen LogP contribution in [0.25, 0.3) is 27.9 Å². The van der Waals surface area contributed by atoms with Gasteiger partial charge >= 0.3 is 5.63 Å². The average molecular weight is 320 g/mol. The van der Waals surface area contributed by atoms with Crippen molar-refractivity contribution in [3.63, 3.8) is 0 Å². The number of fused-ring (bicyclic) bond motifs is 1. The highest BCUT2D eigenvalue weighted by Gasteiger charge is 2.17. The van der Waals surface area contributed by atoms with Gasteiger partial charge in [0.15, 0.2) is 0 Å². The highest BCUT2D eigenvalue weighted by molar-refractivity contribution is 5.94. The van der Waals surface area contributed by atoms with Crippen molar-refractivity contribution < 1.29 is 8.81 Å². The molecule has 2 heterocycles. The lowest BCUT2D eigenvalue weighted by Gasteiger charge is -2.04. The first-order chi connectivity index (χ1) is 11.6. The largest absolute Gasteiger partial charge is 0.403 e. The summed E-state index contributed by atoms with van der Waals surface area (Å²) in [6.45, 7) is 1.86. The van der Waals surface area contributed by atoms with Gasteiger partial charge in [0, 0.05) is 11.6 Å². The minimum atomic E-state index is -0.473. The molecular formula is C19H13FN2O2. The third-order valence-electron chi connectivity index (χ3n) is 3.90. The SMILES string of the molecule is Cc1nn(-c2ccccc2)c2oc(=O)cc(-c3ccc(F)cc3)c12. The monoisotopic (exact) mass is 320 g/mol. The maximum Gasteiger partial charge on any atom is 0.338 e. The summed E-state index contributed by atoms with van der Waals surface area (Å²) in [5.41, 5.74) is 2.86. The first-order valence-electron chi connectivity index (χ1n) is 7.48. The molecule has 2 aromatic carbocycles. The van der Waals surface area contributed by atoms with Crippen LogP contribution in [0, 0.1) is 12.7 Å². The maximum atomic E-state index is 13.2. The van der Waals surface area contributed by atoms with E-state index in [0.717, 1.165) is 22.3 Å². The second kappa shape index (κ2) is 5.45. The Labute approximate surface area is 136 Å². The molecule has 24 heavy (non-hydrogen) atoms. The van der Waals surface area contributed by atoms with Crippen LogP contribution in [0.15, 0.2) is 69.9 Å². The number of nitrogens with zero attached hydrogens (tertiary/aromatic N) is 2. The van der Waals surface area contributed by atoms with Crippen molar-refractivity contribution in [1.82, 2.24) is 9.78 Å². The van der Waals surface area contributed by atoms with Crippen LogP contribution in [0.5, 0.6) is 0 Å². The summed E-state index contributed by atoms with van der Waals surface area (Å²) in [7, 11) is 0. The van der Waals surface area contributed by atoms with Crippen molar-refractivity contribution >= 4 is 11.1 Å². The number of para-hydroxylation sites is 1. The molecule has 2 aromatic heterocycles. The predicted molar refractivity (Wildman–Crippen MR) is 89.7 cm³/mol. The molecule has 118 valence electrons. The summed E-state index contributed by atoms with van der Waals surface area (Å²) < 4.78 is 20.2. The summed E-state index contributed by atoms with van der Waals surface area (Å²) >= 11 is 0. The van der Waals surface area contributed by atoms with E-state index in [0.29, 0.717) is 11.3 Å². The van der Waals surface area contributed by atoms with Crippen molar-refractivity contribution in [3.05, 3.63) is 82.6 Å². The average Bonchev–Trinajstić information content (AvgIpc) is 2.92. The van der Waals surface area contributed by atoms with E-state index >= 15 is 0 Å². The van der Waals surface area contributed by atoms with Gasteiger partial charge in [-0.15, -0.1) is 0 Å². The lowest BCUT2D eigenvalue weighted by molar-refractivity contribution is 0.536. The van der Waals surface area contributed by atoms with Crippen LogP contribution in [0.4, 0.5) is 4.39 Å². The van der Waals surface area contributed by atoms with E-state index in [-0.39, 0.29) is 5.82 Å². The Bertz CT molecular complexity index is 1080. The highest BCUT2D eigenvalue weighted by atomic mass is 19.1. The van der Waals surface area contributed by atoms with Crippen LogP contribution in [-0.4, -0.2) is 9.78 Å². The molecule has 0 N–H and O–H groups in total. The number of rotatable bonds is 2. The molecule has 4 rings (SSSR count). The zero-order chi connectivity index (χ0) is 16.7. The van der Waals surface area contributed by atoms with E-state index < -0.39 is 5.63 Å². The Hall–Kier alpha value is -3.21. The number of aryl methyl sites for hydroxylation is 1. The molecule has 0 aliphatic heterocycles. The molecule has 4 nitrogen and oxygen atoms in total. The lowest BCUT2D eigenvalue weighted by atomic mass is 10.0. The summed E-state index contributed by atoms with van der Waals surface area (Å²) in [6, 6.07) is 16.9. The Kier molecular flexibility index (Phi) is 3.27. The van der Waals surface area contributed by atoms with E-state index in [4.69, 9.17) is 4.42 Å². The van der Waals surface area contributed by atoms with E-state index in [1.165, 1.54) is 18.2 Å². The molecule has 0 unspecified atom stereocenters. The van der Waals surface area contributed by atoms with Crippen molar-refractivity contribution in [2.75, 3.05) is 0 Å². The normalized spacial score (nSPS) is 11.1. The molecule has 0 atom stereocenters. The van der Waals surface area contributed by atoms with Crippen LogP contribution in [0.2, 0.25) is 0 Å². The Morgan fingerprint density at radius 1 is 1.04 bits per heavy atom.